The first-order valence-electron chi connectivity index (χ1n) is 2.76. The summed E-state index contributed by atoms with van der Waals surface area (Å²) in [6.45, 7) is 1.70. The first-order valence-corrected chi connectivity index (χ1v) is 3.39. The fourth-order valence-corrected chi connectivity index (χ4v) is 0.511. The molecule has 0 heterocycles. The molecule has 2 N–H and O–H groups in total. The van der Waals surface area contributed by atoms with Crippen LogP contribution in [0, 0.1) is 0 Å². The average molecular weight is 145 g/mol. The number of thiol groups is 1. The van der Waals surface area contributed by atoms with Gasteiger partial charge in [-0.05, 0) is 19.1 Å². The molecule has 52 valence electrons. The summed E-state index contributed by atoms with van der Waals surface area (Å²) in [6.07, 6.45) is 2.59. The van der Waals surface area contributed by atoms with Crippen molar-refractivity contribution in [2.75, 3.05) is 5.75 Å². The number of hydrogen-bond donors (Lipinski definition) is 2. The maximum absolute atomic E-state index is 10.3. The molecule has 3 heteroatoms. The van der Waals surface area contributed by atoms with E-state index in [0.29, 0.717) is 5.57 Å². The second kappa shape index (κ2) is 4.44. The van der Waals surface area contributed by atoms with Crippen LogP contribution in [0.4, 0.5) is 0 Å². The zero-order valence-corrected chi connectivity index (χ0v) is 6.32. The highest BCUT2D eigenvalue weighted by atomic mass is 32.1. The van der Waals surface area contributed by atoms with E-state index in [0.717, 1.165) is 12.2 Å². The van der Waals surface area contributed by atoms with Crippen LogP contribution in [0.2, 0.25) is 0 Å². The maximum Gasteiger partial charge on any atom is 0.244 e. The van der Waals surface area contributed by atoms with Gasteiger partial charge in [-0.2, -0.15) is 12.6 Å². The van der Waals surface area contributed by atoms with Gasteiger partial charge in [0, 0.05) is 5.57 Å². The number of nitrogens with two attached hydrogens (primary N) is 1. The molecule has 0 radical (unpaired) electrons. The molecular weight excluding hydrogens is 134 g/mol. The minimum atomic E-state index is -0.350. The largest absolute Gasteiger partial charge is 0.366 e. The Morgan fingerprint density at radius 1 is 1.78 bits per heavy atom. The molecular formula is C6H11NOS. The van der Waals surface area contributed by atoms with Gasteiger partial charge >= 0.3 is 0 Å². The van der Waals surface area contributed by atoms with Crippen LogP contribution in [0.15, 0.2) is 11.6 Å². The van der Waals surface area contributed by atoms with Gasteiger partial charge in [0.2, 0.25) is 5.91 Å². The smallest absolute Gasteiger partial charge is 0.244 e. The molecule has 0 aromatic heterocycles. The predicted molar refractivity (Wildman–Crippen MR) is 41.4 cm³/mol. The Labute approximate surface area is 60.5 Å². The van der Waals surface area contributed by atoms with Crippen LogP contribution in [0.1, 0.15) is 13.3 Å². The van der Waals surface area contributed by atoms with E-state index in [1.165, 1.54) is 0 Å². The Kier molecular flexibility index (Phi) is 4.22. The van der Waals surface area contributed by atoms with E-state index in [2.05, 4.69) is 12.6 Å². The molecule has 0 atom stereocenters. The summed E-state index contributed by atoms with van der Waals surface area (Å²) in [5, 5.41) is 0. The number of carbonyl (C=O) groups is 1. The number of hydrogen-bond acceptors (Lipinski definition) is 2. The molecule has 0 saturated carbocycles. The van der Waals surface area contributed by atoms with Gasteiger partial charge in [0.15, 0.2) is 0 Å². The Bertz CT molecular complexity index is 131. The van der Waals surface area contributed by atoms with Gasteiger partial charge in [0.1, 0.15) is 0 Å². The normalized spacial score (nSPS) is 11.6. The van der Waals surface area contributed by atoms with E-state index >= 15 is 0 Å². The second-order valence-corrected chi connectivity index (χ2v) is 2.21. The fourth-order valence-electron chi connectivity index (χ4n) is 0.382. The first-order chi connectivity index (χ1) is 4.18. The van der Waals surface area contributed by atoms with E-state index < -0.39 is 0 Å². The van der Waals surface area contributed by atoms with E-state index in [9.17, 15) is 4.79 Å². The molecule has 0 bridgehead atoms. The van der Waals surface area contributed by atoms with Crippen molar-refractivity contribution in [1.82, 2.24) is 0 Å². The third-order valence-corrected chi connectivity index (χ3v) is 1.23. The van der Waals surface area contributed by atoms with Gasteiger partial charge in [-0.25, -0.2) is 0 Å². The van der Waals surface area contributed by atoms with Crippen LogP contribution >= 0.6 is 12.6 Å². The Morgan fingerprint density at radius 2 is 2.33 bits per heavy atom. The standard InChI is InChI=1S/C6H11NOS/c1-5(6(7)8)3-2-4-9/h3,9H,2,4H2,1H3,(H2,7,8). The highest BCUT2D eigenvalue weighted by Crippen LogP contribution is 1.94. The average Bonchev–Trinajstić information content (AvgIpc) is 1.82. The number of primary amides is 1. The Morgan fingerprint density at radius 3 is 2.67 bits per heavy atom. The number of rotatable bonds is 3. The van der Waals surface area contributed by atoms with E-state index in [-0.39, 0.29) is 5.91 Å². The summed E-state index contributed by atoms with van der Waals surface area (Å²) in [6, 6.07) is 0. The number of carbonyl (C=O) groups excluding carboxylic acids is 1. The summed E-state index contributed by atoms with van der Waals surface area (Å²) in [7, 11) is 0. The van der Waals surface area contributed by atoms with Crippen molar-refractivity contribution < 1.29 is 4.79 Å². The van der Waals surface area contributed by atoms with Crippen molar-refractivity contribution in [3.05, 3.63) is 11.6 Å². The van der Waals surface area contributed by atoms with Crippen LogP contribution < -0.4 is 5.73 Å². The van der Waals surface area contributed by atoms with Crippen molar-refractivity contribution in [2.45, 2.75) is 13.3 Å². The van der Waals surface area contributed by atoms with Gasteiger partial charge in [0.05, 0.1) is 0 Å². The molecule has 2 nitrogen and oxygen atoms in total. The van der Waals surface area contributed by atoms with Crippen molar-refractivity contribution in [1.29, 1.82) is 0 Å². The lowest BCUT2D eigenvalue weighted by Crippen LogP contribution is -2.11. The first kappa shape index (κ1) is 8.56. The summed E-state index contributed by atoms with van der Waals surface area (Å²) < 4.78 is 0. The molecule has 0 rings (SSSR count). The van der Waals surface area contributed by atoms with E-state index in [1.807, 2.05) is 0 Å². The molecule has 0 spiro atoms. The minimum absolute atomic E-state index is 0.350. The molecule has 9 heavy (non-hydrogen) atoms. The Hall–Kier alpha value is -0.440. The monoisotopic (exact) mass is 145 g/mol. The van der Waals surface area contributed by atoms with Gasteiger partial charge < -0.3 is 5.73 Å². The molecule has 0 aliphatic heterocycles. The maximum atomic E-state index is 10.3. The quantitative estimate of drug-likeness (QED) is 0.446. The molecule has 0 fully saturated rings. The lowest BCUT2D eigenvalue weighted by molar-refractivity contribution is -0.114. The number of allylic oxidation sites excluding steroid dienone is 1. The second-order valence-electron chi connectivity index (χ2n) is 1.76. The molecule has 0 aliphatic rings. The highest BCUT2D eigenvalue weighted by molar-refractivity contribution is 7.80. The molecule has 0 aliphatic carbocycles. The van der Waals surface area contributed by atoms with Crippen LogP contribution in [0.3, 0.4) is 0 Å². The zero-order chi connectivity index (χ0) is 7.28. The highest BCUT2D eigenvalue weighted by Gasteiger charge is 1.93. The van der Waals surface area contributed by atoms with Gasteiger partial charge in [-0.3, -0.25) is 4.79 Å². The predicted octanol–water partition coefficient (Wildman–Crippen LogP) is 0.738. The SMILES string of the molecule is CC(=CCCS)C(N)=O. The van der Waals surface area contributed by atoms with Crippen LogP contribution in [-0.4, -0.2) is 11.7 Å². The topological polar surface area (TPSA) is 43.1 Å². The van der Waals surface area contributed by atoms with E-state index in [1.54, 1.807) is 13.0 Å². The van der Waals surface area contributed by atoms with Crippen LogP contribution in [0.25, 0.3) is 0 Å². The van der Waals surface area contributed by atoms with Crippen molar-refractivity contribution in [3.8, 4) is 0 Å². The summed E-state index contributed by atoms with van der Waals surface area (Å²) in [5.74, 6) is 0.404. The lowest BCUT2D eigenvalue weighted by atomic mass is 10.2. The van der Waals surface area contributed by atoms with Gasteiger partial charge in [0.25, 0.3) is 0 Å². The molecule has 0 saturated heterocycles. The minimum Gasteiger partial charge on any atom is -0.366 e. The molecule has 1 amide bonds. The fraction of sp³-hybridized carbons (Fsp3) is 0.500. The summed E-state index contributed by atoms with van der Waals surface area (Å²) >= 11 is 3.97. The molecule has 0 aromatic rings. The molecule has 0 unspecified atom stereocenters. The van der Waals surface area contributed by atoms with Crippen molar-refractivity contribution in [2.24, 2.45) is 5.73 Å². The van der Waals surface area contributed by atoms with Crippen molar-refractivity contribution in [3.63, 3.8) is 0 Å². The third-order valence-electron chi connectivity index (χ3n) is 0.968. The molecule has 0 aromatic carbocycles. The van der Waals surface area contributed by atoms with Gasteiger partial charge in [-0.1, -0.05) is 6.08 Å². The summed E-state index contributed by atoms with van der Waals surface area (Å²) in [4.78, 5) is 10.3. The zero-order valence-electron chi connectivity index (χ0n) is 5.42. The van der Waals surface area contributed by atoms with Crippen LogP contribution in [-0.2, 0) is 4.79 Å². The Balaban J connectivity index is 3.69. The van der Waals surface area contributed by atoms with Gasteiger partial charge in [-0.15, -0.1) is 0 Å². The van der Waals surface area contributed by atoms with Crippen molar-refractivity contribution >= 4 is 18.5 Å². The van der Waals surface area contributed by atoms with Crippen LogP contribution in [0.5, 0.6) is 0 Å². The lowest BCUT2D eigenvalue weighted by Gasteiger charge is -1.90. The van der Waals surface area contributed by atoms with E-state index in [4.69, 9.17) is 5.73 Å². The summed E-state index contributed by atoms with van der Waals surface area (Å²) in [5.41, 5.74) is 5.56. The third kappa shape index (κ3) is 4.09. The number of amides is 1.